The Kier molecular flexibility index (Phi) is 4.79. The van der Waals surface area contributed by atoms with Gasteiger partial charge in [-0.25, -0.2) is 12.8 Å². The maximum Gasteiger partial charge on any atom is 0.416 e. The van der Waals surface area contributed by atoms with Gasteiger partial charge in [0.15, 0.2) is 9.84 Å². The monoisotopic (exact) mass is 354 g/mol. The molecule has 2 N–H and O–H groups in total. The van der Waals surface area contributed by atoms with Crippen LogP contribution in [0.1, 0.15) is 32.3 Å². The van der Waals surface area contributed by atoms with Crippen molar-refractivity contribution in [3.63, 3.8) is 0 Å². The van der Waals surface area contributed by atoms with Gasteiger partial charge >= 0.3 is 6.18 Å². The van der Waals surface area contributed by atoms with E-state index in [1.807, 2.05) is 0 Å². The molecule has 1 aromatic rings. The number of rotatable bonds is 3. The third-order valence-electron chi connectivity index (χ3n) is 4.62. The molecule has 130 valence electrons. The molecule has 3 nitrogen and oxygen atoms in total. The number of halogens is 4. The molecule has 8 heteroatoms. The van der Waals surface area contributed by atoms with Crippen molar-refractivity contribution >= 4 is 9.84 Å². The summed E-state index contributed by atoms with van der Waals surface area (Å²) in [6.07, 6.45) is -3.47. The van der Waals surface area contributed by atoms with E-state index in [1.54, 1.807) is 0 Å². The number of nitrogens with two attached hydrogens (primary N) is 1. The first kappa shape index (κ1) is 18.2. The first-order valence-corrected chi connectivity index (χ1v) is 8.88. The van der Waals surface area contributed by atoms with Crippen LogP contribution in [0.2, 0.25) is 0 Å². The van der Waals surface area contributed by atoms with E-state index >= 15 is 0 Å². The molecule has 1 saturated heterocycles. The molecule has 1 fully saturated rings. The van der Waals surface area contributed by atoms with Gasteiger partial charge in [0.1, 0.15) is 5.82 Å². The summed E-state index contributed by atoms with van der Waals surface area (Å²) in [5.74, 6) is -1.37. The molecule has 23 heavy (non-hydrogen) atoms. The highest BCUT2D eigenvalue weighted by Gasteiger charge is 2.44. The van der Waals surface area contributed by atoms with Crippen LogP contribution < -0.4 is 5.32 Å². The summed E-state index contributed by atoms with van der Waals surface area (Å²) >= 11 is 0. The molecule has 0 unspecified atom stereocenters. The van der Waals surface area contributed by atoms with Crippen LogP contribution >= 0.6 is 0 Å². The third-order valence-corrected chi connectivity index (χ3v) is 7.20. The lowest BCUT2D eigenvalue weighted by Gasteiger charge is -2.35. The van der Waals surface area contributed by atoms with Gasteiger partial charge in [0.25, 0.3) is 0 Å². The van der Waals surface area contributed by atoms with Crippen LogP contribution in [0.5, 0.6) is 0 Å². The Balaban J connectivity index is 2.48. The zero-order valence-electron chi connectivity index (χ0n) is 13.0. The van der Waals surface area contributed by atoms with Gasteiger partial charge in [-0.3, -0.25) is 0 Å². The van der Waals surface area contributed by atoms with E-state index < -0.39 is 37.0 Å². The molecule has 1 aliphatic rings. The highest BCUT2D eigenvalue weighted by Crippen LogP contribution is 2.38. The van der Waals surface area contributed by atoms with Gasteiger partial charge in [-0.2, -0.15) is 13.2 Å². The molecule has 0 aromatic heterocycles. The molecular formula is C15H20F4NO2S+. The van der Waals surface area contributed by atoms with Crippen molar-refractivity contribution in [3.05, 3.63) is 29.6 Å². The standard InChI is InChI=1S/C15H19F4NO2S/c1-14(2,10-3-5-20-6-4-10)23(21,22)13-8-11(15(17,18)19)7-12(16)9-13/h7-10,20H,3-6H2,1-2H3/p+1. The topological polar surface area (TPSA) is 50.8 Å². The van der Waals surface area contributed by atoms with Crippen LogP contribution in [0, 0.1) is 11.7 Å². The maximum absolute atomic E-state index is 13.5. The smallest absolute Gasteiger partial charge is 0.346 e. The Morgan fingerprint density at radius 3 is 2.17 bits per heavy atom. The largest absolute Gasteiger partial charge is 0.416 e. The molecule has 0 radical (unpaired) electrons. The second-order valence-electron chi connectivity index (χ2n) is 6.42. The van der Waals surface area contributed by atoms with Crippen LogP contribution in [0.3, 0.4) is 0 Å². The number of benzene rings is 1. The van der Waals surface area contributed by atoms with Crippen LogP contribution in [0.25, 0.3) is 0 Å². The maximum atomic E-state index is 13.5. The molecule has 2 rings (SSSR count). The predicted octanol–water partition coefficient (Wildman–Crippen LogP) is 2.37. The average Bonchev–Trinajstić information content (AvgIpc) is 2.46. The first-order valence-electron chi connectivity index (χ1n) is 7.40. The summed E-state index contributed by atoms with van der Waals surface area (Å²) in [5, 5.41) is 2.07. The molecule has 1 heterocycles. The lowest BCUT2D eigenvalue weighted by atomic mass is 9.86. The second-order valence-corrected chi connectivity index (χ2v) is 8.95. The fourth-order valence-electron chi connectivity index (χ4n) is 3.03. The zero-order chi connectivity index (χ0) is 17.5. The third kappa shape index (κ3) is 3.52. The van der Waals surface area contributed by atoms with Crippen molar-refractivity contribution in [2.24, 2.45) is 5.92 Å². The van der Waals surface area contributed by atoms with Crippen LogP contribution in [-0.4, -0.2) is 26.3 Å². The summed E-state index contributed by atoms with van der Waals surface area (Å²) in [7, 11) is -4.10. The van der Waals surface area contributed by atoms with Crippen molar-refractivity contribution in [3.8, 4) is 0 Å². The zero-order valence-corrected chi connectivity index (χ0v) is 13.8. The van der Waals surface area contributed by atoms with Gasteiger partial charge < -0.3 is 5.32 Å². The van der Waals surface area contributed by atoms with Gasteiger partial charge in [0.2, 0.25) is 0 Å². The summed E-state index contributed by atoms with van der Waals surface area (Å²) in [6.45, 7) is 4.58. The number of alkyl halides is 3. The number of piperidine rings is 1. The van der Waals surface area contributed by atoms with Crippen molar-refractivity contribution in [2.45, 2.75) is 42.5 Å². The minimum Gasteiger partial charge on any atom is -0.346 e. The molecule has 1 aromatic carbocycles. The van der Waals surface area contributed by atoms with E-state index in [4.69, 9.17) is 0 Å². The Morgan fingerprint density at radius 1 is 1.09 bits per heavy atom. The molecular weight excluding hydrogens is 334 g/mol. The van der Waals surface area contributed by atoms with Crippen molar-refractivity contribution < 1.29 is 31.3 Å². The number of hydrogen-bond acceptors (Lipinski definition) is 2. The van der Waals surface area contributed by atoms with E-state index in [0.717, 1.165) is 13.1 Å². The van der Waals surface area contributed by atoms with E-state index in [2.05, 4.69) is 5.32 Å². The van der Waals surface area contributed by atoms with E-state index in [0.29, 0.717) is 31.0 Å². The van der Waals surface area contributed by atoms with E-state index in [9.17, 15) is 26.0 Å². The van der Waals surface area contributed by atoms with E-state index in [-0.39, 0.29) is 5.92 Å². The lowest BCUT2D eigenvalue weighted by molar-refractivity contribution is -0.665. The molecule has 0 amide bonds. The minimum atomic E-state index is -4.80. The summed E-state index contributed by atoms with van der Waals surface area (Å²) < 4.78 is 76.4. The SMILES string of the molecule is CC(C)(C1CC[NH2+]CC1)S(=O)(=O)c1cc(F)cc(C(F)(F)F)c1. The number of quaternary nitrogens is 1. The van der Waals surface area contributed by atoms with Crippen LogP contribution in [0.4, 0.5) is 17.6 Å². The first-order chi connectivity index (χ1) is 10.5. The highest BCUT2D eigenvalue weighted by atomic mass is 32.2. The Labute approximate surface area is 133 Å². The normalized spacial score (nSPS) is 18.2. The Hall–Kier alpha value is -1.15. The molecule has 0 bridgehead atoms. The number of sulfone groups is 1. The van der Waals surface area contributed by atoms with Crippen molar-refractivity contribution in [2.75, 3.05) is 13.1 Å². The molecule has 0 spiro atoms. The van der Waals surface area contributed by atoms with Gasteiger partial charge in [-0.05, 0) is 38.0 Å². The van der Waals surface area contributed by atoms with Crippen molar-refractivity contribution in [1.82, 2.24) is 0 Å². The van der Waals surface area contributed by atoms with Crippen molar-refractivity contribution in [1.29, 1.82) is 0 Å². The minimum absolute atomic E-state index is 0.171. The summed E-state index contributed by atoms with van der Waals surface area (Å²) in [5.41, 5.74) is -1.29. The second kappa shape index (κ2) is 6.05. The Morgan fingerprint density at radius 2 is 1.65 bits per heavy atom. The van der Waals surface area contributed by atoms with Gasteiger partial charge in [0.05, 0.1) is 28.3 Å². The summed E-state index contributed by atoms with van der Waals surface area (Å²) in [4.78, 5) is -0.607. The highest BCUT2D eigenvalue weighted by molar-refractivity contribution is 7.92. The molecule has 0 atom stereocenters. The number of hydrogen-bond donors (Lipinski definition) is 1. The molecule has 0 aliphatic carbocycles. The Bertz CT molecular complexity index is 677. The summed E-state index contributed by atoms with van der Waals surface area (Å²) in [6, 6.07) is 1.50. The quantitative estimate of drug-likeness (QED) is 0.848. The van der Waals surface area contributed by atoms with Gasteiger partial charge in [-0.15, -0.1) is 0 Å². The van der Waals surface area contributed by atoms with Gasteiger partial charge in [-0.1, -0.05) is 0 Å². The fourth-order valence-corrected chi connectivity index (χ4v) is 4.86. The van der Waals surface area contributed by atoms with Crippen LogP contribution in [-0.2, 0) is 16.0 Å². The predicted molar refractivity (Wildman–Crippen MR) is 77.1 cm³/mol. The molecule has 0 saturated carbocycles. The van der Waals surface area contributed by atoms with Crippen LogP contribution in [0.15, 0.2) is 23.1 Å². The molecule has 1 aliphatic heterocycles. The fraction of sp³-hybridized carbons (Fsp3) is 0.600. The van der Waals surface area contributed by atoms with Gasteiger partial charge in [0, 0.05) is 12.8 Å². The average molecular weight is 354 g/mol. The van der Waals surface area contributed by atoms with E-state index in [1.165, 1.54) is 13.8 Å². The lowest BCUT2D eigenvalue weighted by Crippen LogP contribution is -2.86.